The third kappa shape index (κ3) is 3.22. The molecule has 1 aliphatic carbocycles. The van der Waals surface area contributed by atoms with Crippen LogP contribution in [0.4, 0.5) is 5.69 Å². The minimum absolute atomic E-state index is 0.108. The lowest BCUT2D eigenvalue weighted by atomic mass is 9.69. The third-order valence-electron chi connectivity index (χ3n) is 6.15. The van der Waals surface area contributed by atoms with E-state index in [2.05, 4.69) is 17.5 Å². The number of hydrogen-bond acceptors (Lipinski definition) is 7. The Kier molecular flexibility index (Phi) is 4.86. The van der Waals surface area contributed by atoms with Crippen LogP contribution in [0.1, 0.15) is 24.0 Å². The molecule has 5 rings (SSSR count). The van der Waals surface area contributed by atoms with Crippen molar-refractivity contribution < 1.29 is 14.3 Å². The van der Waals surface area contributed by atoms with E-state index < -0.39 is 0 Å². The van der Waals surface area contributed by atoms with Crippen molar-refractivity contribution in [2.24, 2.45) is 11.7 Å². The van der Waals surface area contributed by atoms with Crippen molar-refractivity contribution in [2.45, 2.75) is 37.0 Å². The maximum Gasteiger partial charge on any atom is 0.261 e. The Hall–Kier alpha value is -2.65. The molecule has 1 unspecified atom stereocenters. The number of hydrogen-bond donors (Lipinski definition) is 3. The molecule has 156 valence electrons. The zero-order chi connectivity index (χ0) is 20.7. The molecule has 0 saturated heterocycles. The van der Waals surface area contributed by atoms with Gasteiger partial charge in [0.2, 0.25) is 0 Å². The summed E-state index contributed by atoms with van der Waals surface area (Å²) in [6.45, 7) is 1.42. The van der Waals surface area contributed by atoms with Gasteiger partial charge in [0.15, 0.2) is 11.5 Å². The first-order chi connectivity index (χ1) is 14.6. The van der Waals surface area contributed by atoms with Crippen LogP contribution in [0.3, 0.4) is 0 Å². The molecule has 0 amide bonds. The Morgan fingerprint density at radius 1 is 1.23 bits per heavy atom. The second-order valence-electron chi connectivity index (χ2n) is 7.94. The van der Waals surface area contributed by atoms with Crippen LogP contribution in [0.5, 0.6) is 11.5 Å². The molecular formula is C22H24N4O3S. The van der Waals surface area contributed by atoms with Gasteiger partial charge in [-0.3, -0.25) is 5.84 Å². The number of nitrogens with zero attached hydrogens (tertiary/aromatic N) is 1. The van der Waals surface area contributed by atoms with E-state index in [0.29, 0.717) is 29.6 Å². The van der Waals surface area contributed by atoms with Gasteiger partial charge in [-0.05, 0) is 48.5 Å². The number of nitrogens with two attached hydrogens (primary N) is 2. The fourth-order valence-corrected chi connectivity index (χ4v) is 5.01. The van der Waals surface area contributed by atoms with Crippen molar-refractivity contribution in [1.82, 2.24) is 5.01 Å². The van der Waals surface area contributed by atoms with Crippen molar-refractivity contribution in [3.05, 3.63) is 65.7 Å². The van der Waals surface area contributed by atoms with E-state index in [0.717, 1.165) is 29.8 Å². The summed E-state index contributed by atoms with van der Waals surface area (Å²) in [4.78, 5) is 5.10. The molecule has 1 spiro atoms. The average molecular weight is 425 g/mol. The van der Waals surface area contributed by atoms with Gasteiger partial charge in [0.1, 0.15) is 12.2 Å². The fraction of sp³-hybridized carbons (Fsp3) is 0.318. The van der Waals surface area contributed by atoms with Crippen LogP contribution in [-0.2, 0) is 16.7 Å². The molecule has 3 atom stereocenters. The number of rotatable bonds is 3. The second kappa shape index (κ2) is 7.55. The lowest BCUT2D eigenvalue weighted by Crippen LogP contribution is -2.44. The van der Waals surface area contributed by atoms with Gasteiger partial charge in [-0.25, -0.2) is 5.01 Å². The smallest absolute Gasteiger partial charge is 0.261 e. The van der Waals surface area contributed by atoms with E-state index in [9.17, 15) is 0 Å². The highest BCUT2D eigenvalue weighted by Crippen LogP contribution is 2.55. The highest BCUT2D eigenvalue weighted by atomic mass is 32.1. The Morgan fingerprint density at radius 2 is 2.07 bits per heavy atom. The lowest BCUT2D eigenvalue weighted by Gasteiger charge is -2.37. The minimum atomic E-state index is -0.276. The first-order valence-corrected chi connectivity index (χ1v) is 10.4. The van der Waals surface area contributed by atoms with Crippen molar-refractivity contribution in [3.63, 3.8) is 0 Å². The highest BCUT2D eigenvalue weighted by Gasteiger charge is 2.53. The number of anilines is 1. The van der Waals surface area contributed by atoms with E-state index in [1.54, 1.807) is 0 Å². The van der Waals surface area contributed by atoms with Crippen LogP contribution >= 0.6 is 12.2 Å². The predicted molar refractivity (Wildman–Crippen MR) is 118 cm³/mol. The van der Waals surface area contributed by atoms with Gasteiger partial charge < -0.3 is 19.6 Å². The number of benzene rings is 2. The molecule has 0 bridgehead atoms. The number of hydrazine groups is 1. The summed E-state index contributed by atoms with van der Waals surface area (Å²) in [5.74, 6) is 13.0. The molecule has 0 fully saturated rings. The van der Waals surface area contributed by atoms with Crippen LogP contribution in [0, 0.1) is 0 Å². The lowest BCUT2D eigenvalue weighted by molar-refractivity contribution is 0.0870. The molecular weight excluding hydrogens is 400 g/mol. The molecule has 2 aromatic rings. The maximum atomic E-state index is 6.41. The Bertz CT molecular complexity index is 999. The molecule has 7 nitrogen and oxygen atoms in total. The van der Waals surface area contributed by atoms with E-state index >= 15 is 0 Å². The summed E-state index contributed by atoms with van der Waals surface area (Å²) in [6, 6.07) is 13.6. The molecule has 3 aliphatic rings. The summed E-state index contributed by atoms with van der Waals surface area (Å²) < 4.78 is 12.4. The quantitative estimate of drug-likeness (QED) is 0.300. The molecule has 0 radical (unpaired) electrons. The average Bonchev–Trinajstić information content (AvgIpc) is 3.00. The zero-order valence-electron chi connectivity index (χ0n) is 16.4. The summed E-state index contributed by atoms with van der Waals surface area (Å²) in [7, 11) is 0. The van der Waals surface area contributed by atoms with Crippen molar-refractivity contribution in [3.8, 4) is 11.5 Å². The first-order valence-electron chi connectivity index (χ1n) is 10.0. The van der Waals surface area contributed by atoms with Gasteiger partial charge in [-0.2, -0.15) is 5.90 Å². The Balaban J connectivity index is 1.41. The fourth-order valence-electron chi connectivity index (χ4n) is 4.77. The summed E-state index contributed by atoms with van der Waals surface area (Å²) in [5.41, 5.74) is 2.88. The van der Waals surface area contributed by atoms with Crippen LogP contribution in [0.25, 0.3) is 0 Å². The highest BCUT2D eigenvalue weighted by molar-refractivity contribution is 7.80. The molecule has 2 aliphatic heterocycles. The monoisotopic (exact) mass is 424 g/mol. The van der Waals surface area contributed by atoms with Gasteiger partial charge in [0.25, 0.3) is 5.17 Å². The van der Waals surface area contributed by atoms with E-state index in [4.69, 9.17) is 38.3 Å². The number of thiocarbonyl (C=S) groups is 1. The molecule has 0 aromatic heterocycles. The van der Waals surface area contributed by atoms with Crippen molar-refractivity contribution in [2.75, 3.05) is 11.9 Å². The minimum Gasteiger partial charge on any atom is -0.485 e. The van der Waals surface area contributed by atoms with E-state index in [1.807, 2.05) is 47.5 Å². The molecule has 2 aromatic carbocycles. The van der Waals surface area contributed by atoms with Crippen molar-refractivity contribution in [1.29, 1.82) is 0 Å². The van der Waals surface area contributed by atoms with Crippen LogP contribution in [-0.4, -0.2) is 28.9 Å². The Morgan fingerprint density at radius 3 is 2.87 bits per heavy atom. The first kappa shape index (κ1) is 19.3. The summed E-state index contributed by atoms with van der Waals surface area (Å²) in [6.07, 6.45) is 5.49. The largest absolute Gasteiger partial charge is 0.485 e. The molecule has 5 N–H and O–H groups in total. The summed E-state index contributed by atoms with van der Waals surface area (Å²) in [5, 5.41) is 5.30. The SMILES string of the molecule is NOc1ccc2c3c1O[C@@H]1CC(OC(=S)Nc4ccccc4)C=C[C@]31CCN(N)C2. The normalized spacial score (nSPS) is 26.7. The molecule has 8 heteroatoms. The van der Waals surface area contributed by atoms with Gasteiger partial charge >= 0.3 is 0 Å². The molecule has 30 heavy (non-hydrogen) atoms. The summed E-state index contributed by atoms with van der Waals surface area (Å²) >= 11 is 5.40. The number of para-hydroxylation sites is 1. The van der Waals surface area contributed by atoms with Crippen LogP contribution in [0.15, 0.2) is 54.6 Å². The van der Waals surface area contributed by atoms with Crippen LogP contribution in [0.2, 0.25) is 0 Å². The number of nitrogens with one attached hydrogen (secondary N) is 1. The second-order valence-corrected chi connectivity index (χ2v) is 8.31. The maximum absolute atomic E-state index is 6.41. The number of ether oxygens (including phenoxy) is 2. The van der Waals surface area contributed by atoms with Crippen molar-refractivity contribution >= 4 is 23.1 Å². The van der Waals surface area contributed by atoms with Gasteiger partial charge in [-0.1, -0.05) is 30.3 Å². The predicted octanol–water partition coefficient (Wildman–Crippen LogP) is 2.76. The van der Waals surface area contributed by atoms with E-state index in [-0.39, 0.29) is 17.6 Å². The molecule has 2 heterocycles. The zero-order valence-corrected chi connectivity index (χ0v) is 17.2. The standard InChI is InChI=1S/C22H24N4O3S/c23-26-11-10-22-9-8-16(27-21(30)25-15-4-2-1-3-5-15)12-18(22)28-20-17(29-24)7-6-14(13-26)19(20)22/h1-9,16,18H,10-13,23-24H2,(H,25,30)/t16?,18-,22-/m1/s1. The van der Waals surface area contributed by atoms with Gasteiger partial charge in [0.05, 0.1) is 5.41 Å². The van der Waals surface area contributed by atoms with E-state index in [1.165, 1.54) is 0 Å². The Labute approximate surface area is 180 Å². The third-order valence-corrected chi connectivity index (χ3v) is 6.35. The van der Waals surface area contributed by atoms with Gasteiger partial charge in [-0.15, -0.1) is 0 Å². The van der Waals surface area contributed by atoms with Gasteiger partial charge in [0, 0.05) is 30.8 Å². The van der Waals surface area contributed by atoms with Crippen LogP contribution < -0.4 is 26.6 Å². The topological polar surface area (TPSA) is 95.0 Å². The molecule has 0 saturated carbocycles.